The number of nitrogens with one attached hydrogen (secondary N) is 2. The van der Waals surface area contributed by atoms with Gasteiger partial charge < -0.3 is 16.0 Å². The first-order chi connectivity index (χ1) is 14.1. The van der Waals surface area contributed by atoms with Crippen molar-refractivity contribution in [3.05, 3.63) is 88.7 Å². The third-order valence-corrected chi connectivity index (χ3v) is 4.96. The van der Waals surface area contributed by atoms with Crippen LogP contribution in [0, 0.1) is 5.82 Å². The van der Waals surface area contributed by atoms with Crippen molar-refractivity contribution in [1.82, 2.24) is 15.3 Å². The van der Waals surface area contributed by atoms with Crippen molar-refractivity contribution in [2.24, 2.45) is 10.7 Å². The van der Waals surface area contributed by atoms with Crippen LogP contribution in [0.1, 0.15) is 35.6 Å². The lowest BCUT2D eigenvalue weighted by molar-refractivity contribution is 0.618. The minimum absolute atomic E-state index is 0.0312. The van der Waals surface area contributed by atoms with Crippen molar-refractivity contribution in [3.63, 3.8) is 0 Å². The molecule has 29 heavy (non-hydrogen) atoms. The molecule has 0 saturated heterocycles. The van der Waals surface area contributed by atoms with Gasteiger partial charge in [-0.3, -0.25) is 4.99 Å². The van der Waals surface area contributed by atoms with E-state index in [-0.39, 0.29) is 11.7 Å². The Morgan fingerprint density at radius 1 is 1.21 bits per heavy atom. The van der Waals surface area contributed by atoms with Crippen LogP contribution in [0.25, 0.3) is 0 Å². The normalized spacial score (nSPS) is 12.7. The van der Waals surface area contributed by atoms with Crippen LogP contribution in [0.2, 0.25) is 5.02 Å². The lowest BCUT2D eigenvalue weighted by Crippen LogP contribution is -2.33. The first-order valence-electron chi connectivity index (χ1n) is 9.64. The average molecular weight is 414 g/mol. The Hall–Kier alpha value is -2.86. The molecular weight excluding hydrogens is 389 g/mol. The number of aryl methyl sites for hydroxylation is 1. The van der Waals surface area contributed by atoms with E-state index in [4.69, 9.17) is 17.3 Å². The van der Waals surface area contributed by atoms with Gasteiger partial charge in [0.1, 0.15) is 5.82 Å². The average Bonchev–Trinajstić information content (AvgIpc) is 3.23. The second-order valence-corrected chi connectivity index (χ2v) is 7.26. The molecule has 2 aromatic carbocycles. The highest BCUT2D eigenvalue weighted by Crippen LogP contribution is 2.29. The van der Waals surface area contributed by atoms with Gasteiger partial charge in [0, 0.05) is 35.9 Å². The summed E-state index contributed by atoms with van der Waals surface area (Å²) in [5.74, 6) is 0.208. The van der Waals surface area contributed by atoms with E-state index in [2.05, 4.69) is 20.3 Å². The zero-order valence-corrected chi connectivity index (χ0v) is 16.9. The molecule has 0 radical (unpaired) electrons. The quantitative estimate of drug-likeness (QED) is 0.278. The highest BCUT2D eigenvalue weighted by Gasteiger charge is 2.15. The Morgan fingerprint density at radius 3 is 2.76 bits per heavy atom. The van der Waals surface area contributed by atoms with Gasteiger partial charge in [0.15, 0.2) is 5.96 Å². The molecule has 1 aromatic heterocycles. The largest absolute Gasteiger partial charge is 0.370 e. The number of H-pyrrole nitrogens is 1. The van der Waals surface area contributed by atoms with Crippen molar-refractivity contribution >= 4 is 17.6 Å². The van der Waals surface area contributed by atoms with E-state index in [1.807, 2.05) is 36.5 Å². The maximum atomic E-state index is 13.8. The Kier molecular flexibility index (Phi) is 7.64. The second kappa shape index (κ2) is 10.6. The molecule has 1 atom stereocenters. The first-order valence-corrected chi connectivity index (χ1v) is 10.0. The summed E-state index contributed by atoms with van der Waals surface area (Å²) in [6, 6.07) is 14.4. The zero-order valence-electron chi connectivity index (χ0n) is 16.1. The summed E-state index contributed by atoms with van der Waals surface area (Å²) < 4.78 is 13.8. The molecule has 0 amide bonds. The molecule has 7 heteroatoms. The Balaban J connectivity index is 1.55. The fraction of sp³-hybridized carbons (Fsp3) is 0.273. The molecule has 152 valence electrons. The Labute approximate surface area is 175 Å². The first kappa shape index (κ1) is 20.9. The summed E-state index contributed by atoms with van der Waals surface area (Å²) in [5, 5.41) is 3.84. The van der Waals surface area contributed by atoms with Crippen molar-refractivity contribution in [1.29, 1.82) is 0 Å². The van der Waals surface area contributed by atoms with Crippen molar-refractivity contribution in [3.8, 4) is 0 Å². The summed E-state index contributed by atoms with van der Waals surface area (Å²) in [7, 11) is 0. The smallest absolute Gasteiger partial charge is 0.188 e. The van der Waals surface area contributed by atoms with Gasteiger partial charge in [0.05, 0.1) is 6.33 Å². The van der Waals surface area contributed by atoms with E-state index in [1.165, 1.54) is 6.07 Å². The molecule has 3 rings (SSSR count). The third kappa shape index (κ3) is 6.61. The minimum Gasteiger partial charge on any atom is -0.370 e. The van der Waals surface area contributed by atoms with Gasteiger partial charge in [-0.2, -0.15) is 0 Å². The van der Waals surface area contributed by atoms with E-state index in [0.717, 1.165) is 36.1 Å². The van der Waals surface area contributed by atoms with E-state index >= 15 is 0 Å². The van der Waals surface area contributed by atoms with Crippen molar-refractivity contribution in [2.75, 3.05) is 13.1 Å². The molecule has 0 fully saturated rings. The van der Waals surface area contributed by atoms with Crippen LogP contribution in [0.5, 0.6) is 0 Å². The molecule has 0 saturated carbocycles. The van der Waals surface area contributed by atoms with Crippen LogP contribution in [-0.4, -0.2) is 29.0 Å². The number of aromatic amines is 1. The summed E-state index contributed by atoms with van der Waals surface area (Å²) in [6.45, 7) is 1.27. The summed E-state index contributed by atoms with van der Waals surface area (Å²) in [4.78, 5) is 11.4. The molecule has 1 unspecified atom stereocenters. The van der Waals surface area contributed by atoms with Crippen LogP contribution >= 0.6 is 11.6 Å². The third-order valence-electron chi connectivity index (χ3n) is 4.70. The molecule has 5 nitrogen and oxygen atoms in total. The van der Waals surface area contributed by atoms with Gasteiger partial charge in [0.25, 0.3) is 0 Å². The fourth-order valence-corrected chi connectivity index (χ4v) is 3.36. The van der Waals surface area contributed by atoms with Crippen LogP contribution < -0.4 is 11.1 Å². The van der Waals surface area contributed by atoms with E-state index in [0.29, 0.717) is 24.1 Å². The van der Waals surface area contributed by atoms with Gasteiger partial charge in [-0.1, -0.05) is 35.9 Å². The van der Waals surface area contributed by atoms with Crippen LogP contribution in [0.3, 0.4) is 0 Å². The number of halogens is 2. The van der Waals surface area contributed by atoms with Crippen molar-refractivity contribution in [2.45, 2.75) is 25.2 Å². The number of benzene rings is 2. The summed E-state index contributed by atoms with van der Waals surface area (Å²) >= 11 is 6.02. The fourth-order valence-electron chi connectivity index (χ4n) is 3.24. The monoisotopic (exact) mass is 413 g/mol. The molecule has 3 aromatic rings. The van der Waals surface area contributed by atoms with E-state index in [1.54, 1.807) is 18.5 Å². The highest BCUT2D eigenvalue weighted by atomic mass is 35.5. The molecule has 1 heterocycles. The topological polar surface area (TPSA) is 79.1 Å². The number of hydrogen-bond acceptors (Lipinski definition) is 2. The summed E-state index contributed by atoms with van der Waals surface area (Å²) in [5.41, 5.74) is 9.07. The minimum atomic E-state index is -0.243. The predicted octanol–water partition coefficient (Wildman–Crippen LogP) is 4.26. The molecule has 0 aliphatic heterocycles. The Morgan fingerprint density at radius 2 is 2.03 bits per heavy atom. The number of aliphatic imine (C=N–C) groups is 1. The lowest BCUT2D eigenvalue weighted by atomic mass is 9.88. The van der Waals surface area contributed by atoms with Gasteiger partial charge in [0.2, 0.25) is 0 Å². The number of rotatable bonds is 9. The van der Waals surface area contributed by atoms with Crippen LogP contribution in [-0.2, 0) is 6.42 Å². The van der Waals surface area contributed by atoms with Gasteiger partial charge in [-0.15, -0.1) is 0 Å². The lowest BCUT2D eigenvalue weighted by Gasteiger charge is -2.19. The molecule has 4 N–H and O–H groups in total. The second-order valence-electron chi connectivity index (χ2n) is 6.82. The molecule has 0 bridgehead atoms. The molecular formula is C22H25ClFN5. The standard InChI is InChI=1S/C22H25ClFN5/c23-18-8-6-16(7-9-18)21(17-3-1-4-19(24)13-17)10-12-28-22(25)27-11-2-5-20-14-26-15-29-20/h1,3-4,6-9,13-15,21H,2,5,10-12H2,(H,26,29)(H3,25,27,28). The Bertz CT molecular complexity index is 909. The van der Waals surface area contributed by atoms with E-state index < -0.39 is 0 Å². The van der Waals surface area contributed by atoms with Gasteiger partial charge in [-0.25, -0.2) is 9.37 Å². The van der Waals surface area contributed by atoms with Crippen LogP contribution in [0.4, 0.5) is 4.39 Å². The molecule has 0 aliphatic carbocycles. The predicted molar refractivity (Wildman–Crippen MR) is 116 cm³/mol. The number of imidazole rings is 1. The maximum Gasteiger partial charge on any atom is 0.188 e. The van der Waals surface area contributed by atoms with Crippen LogP contribution in [0.15, 0.2) is 66.0 Å². The van der Waals surface area contributed by atoms with Crippen molar-refractivity contribution < 1.29 is 4.39 Å². The number of nitrogens with two attached hydrogens (primary N) is 1. The highest BCUT2D eigenvalue weighted by molar-refractivity contribution is 6.30. The van der Waals surface area contributed by atoms with Gasteiger partial charge in [-0.05, 0) is 54.7 Å². The molecule has 0 spiro atoms. The van der Waals surface area contributed by atoms with E-state index in [9.17, 15) is 4.39 Å². The zero-order chi connectivity index (χ0) is 20.5. The van der Waals surface area contributed by atoms with Gasteiger partial charge >= 0.3 is 0 Å². The number of nitrogens with zero attached hydrogens (tertiary/aromatic N) is 2. The molecule has 0 aliphatic rings. The number of aromatic nitrogens is 2. The number of guanidine groups is 1. The maximum absolute atomic E-state index is 13.8. The summed E-state index contributed by atoms with van der Waals surface area (Å²) in [6.07, 6.45) is 6.00. The SMILES string of the molecule is NC(=NCCCc1cnc[nH]1)NCCC(c1ccc(Cl)cc1)c1cccc(F)c1. The number of hydrogen-bond donors (Lipinski definition) is 3.